The largest absolute Gasteiger partial charge is 0.496 e. The number of aliphatic hydroxyl groups is 1. The Kier molecular flexibility index (Phi) is 4.98. The van der Waals surface area contributed by atoms with Crippen molar-refractivity contribution in [3.63, 3.8) is 0 Å². The van der Waals surface area contributed by atoms with E-state index in [0.29, 0.717) is 6.54 Å². The fraction of sp³-hybridized carbons (Fsp3) is 0.538. The number of ether oxygens (including phenoxy) is 1. The van der Waals surface area contributed by atoms with Gasteiger partial charge in [-0.15, -0.1) is 0 Å². The lowest BCUT2D eigenvalue weighted by Gasteiger charge is -2.22. The summed E-state index contributed by atoms with van der Waals surface area (Å²) in [5.74, 6) is 0.783. The van der Waals surface area contributed by atoms with Gasteiger partial charge in [-0.1, -0.05) is 15.9 Å². The number of aliphatic hydroxyl groups excluding tert-OH is 1. The number of nitrogens with one attached hydrogen (secondary N) is 1. The van der Waals surface area contributed by atoms with E-state index in [1.54, 1.807) is 7.11 Å². The Morgan fingerprint density at radius 3 is 2.29 bits per heavy atom. The number of hydrogen-bond acceptors (Lipinski definition) is 3. The van der Waals surface area contributed by atoms with Crippen molar-refractivity contribution in [2.75, 3.05) is 20.7 Å². The molecular weight excluding hydrogens is 282 g/mol. The van der Waals surface area contributed by atoms with Gasteiger partial charge in [-0.3, -0.25) is 0 Å². The average molecular weight is 302 g/mol. The highest BCUT2D eigenvalue weighted by Gasteiger charge is 2.21. The molecule has 0 aliphatic heterocycles. The molecule has 17 heavy (non-hydrogen) atoms. The van der Waals surface area contributed by atoms with Crippen molar-refractivity contribution >= 4 is 15.9 Å². The normalized spacial score (nSPS) is 12.6. The van der Waals surface area contributed by atoms with Crippen LogP contribution in [0.5, 0.6) is 5.75 Å². The lowest BCUT2D eigenvalue weighted by molar-refractivity contribution is 0.172. The zero-order valence-electron chi connectivity index (χ0n) is 11.0. The monoisotopic (exact) mass is 301 g/mol. The first kappa shape index (κ1) is 14.5. The average Bonchev–Trinajstić information content (AvgIpc) is 2.31. The van der Waals surface area contributed by atoms with Gasteiger partial charge < -0.3 is 15.2 Å². The summed E-state index contributed by atoms with van der Waals surface area (Å²) in [6.07, 6.45) is -0.564. The summed E-state index contributed by atoms with van der Waals surface area (Å²) in [4.78, 5) is 0. The van der Waals surface area contributed by atoms with Gasteiger partial charge in [0.05, 0.1) is 13.2 Å². The van der Waals surface area contributed by atoms with E-state index in [4.69, 9.17) is 4.74 Å². The molecule has 0 saturated carbocycles. The van der Waals surface area contributed by atoms with Crippen molar-refractivity contribution in [3.05, 3.63) is 26.7 Å². The zero-order valence-corrected chi connectivity index (χ0v) is 12.6. The van der Waals surface area contributed by atoms with Gasteiger partial charge in [0.2, 0.25) is 0 Å². The van der Waals surface area contributed by atoms with E-state index in [2.05, 4.69) is 21.2 Å². The number of methoxy groups -OCH3 is 1. The third kappa shape index (κ3) is 2.64. The van der Waals surface area contributed by atoms with E-state index in [1.165, 1.54) is 0 Å². The molecule has 3 nitrogen and oxygen atoms in total. The molecule has 0 aliphatic rings. The van der Waals surface area contributed by atoms with Crippen molar-refractivity contribution in [1.82, 2.24) is 5.32 Å². The standard InChI is InChI=1S/C13H20BrNO2/c1-7-8(2)13(17-5)11(9(3)12(7)14)10(16)6-15-4/h10,15-16H,6H2,1-5H3. The van der Waals surface area contributed by atoms with E-state index >= 15 is 0 Å². The second-order valence-corrected chi connectivity index (χ2v) is 5.00. The maximum absolute atomic E-state index is 10.2. The number of benzene rings is 1. The van der Waals surface area contributed by atoms with Gasteiger partial charge in [-0.05, 0) is 44.5 Å². The molecule has 4 heteroatoms. The molecule has 96 valence electrons. The summed E-state index contributed by atoms with van der Waals surface area (Å²) in [7, 11) is 3.46. The van der Waals surface area contributed by atoms with Crippen molar-refractivity contribution in [2.24, 2.45) is 0 Å². The highest BCUT2D eigenvalue weighted by molar-refractivity contribution is 9.10. The maximum Gasteiger partial charge on any atom is 0.128 e. The molecule has 1 rings (SSSR count). The van der Waals surface area contributed by atoms with E-state index in [0.717, 1.165) is 32.5 Å². The topological polar surface area (TPSA) is 41.5 Å². The predicted octanol–water partition coefficient (Wildman–Crippen LogP) is 2.64. The molecule has 0 saturated heterocycles. The highest BCUT2D eigenvalue weighted by atomic mass is 79.9. The summed E-state index contributed by atoms with van der Waals surface area (Å²) in [6, 6.07) is 0. The Hall–Kier alpha value is -0.580. The van der Waals surface area contributed by atoms with Crippen molar-refractivity contribution < 1.29 is 9.84 Å². The van der Waals surface area contributed by atoms with E-state index in [1.807, 2.05) is 27.8 Å². The van der Waals surface area contributed by atoms with Gasteiger partial charge >= 0.3 is 0 Å². The minimum atomic E-state index is -0.564. The third-order valence-electron chi connectivity index (χ3n) is 3.15. The van der Waals surface area contributed by atoms with Crippen LogP contribution in [0.4, 0.5) is 0 Å². The van der Waals surface area contributed by atoms with Crippen LogP contribution in [0, 0.1) is 20.8 Å². The van der Waals surface area contributed by atoms with E-state index < -0.39 is 6.10 Å². The number of likely N-dealkylation sites (N-methyl/N-ethyl adjacent to an activating group) is 1. The predicted molar refractivity (Wildman–Crippen MR) is 73.8 cm³/mol. The lowest BCUT2D eigenvalue weighted by Crippen LogP contribution is -2.19. The van der Waals surface area contributed by atoms with Crippen molar-refractivity contribution in [2.45, 2.75) is 26.9 Å². The summed E-state index contributed by atoms with van der Waals surface area (Å²) >= 11 is 3.58. The van der Waals surface area contributed by atoms with Gasteiger partial charge in [-0.25, -0.2) is 0 Å². The van der Waals surface area contributed by atoms with Gasteiger partial charge in [0.1, 0.15) is 5.75 Å². The van der Waals surface area contributed by atoms with Crippen LogP contribution in [-0.2, 0) is 0 Å². The van der Waals surface area contributed by atoms with Crippen molar-refractivity contribution in [1.29, 1.82) is 0 Å². The maximum atomic E-state index is 10.2. The van der Waals surface area contributed by atoms with Crippen LogP contribution in [0.25, 0.3) is 0 Å². The minimum Gasteiger partial charge on any atom is -0.496 e. The van der Waals surface area contributed by atoms with Gasteiger partial charge in [0.25, 0.3) is 0 Å². The second kappa shape index (κ2) is 5.85. The molecule has 0 spiro atoms. The van der Waals surface area contributed by atoms with Crippen molar-refractivity contribution in [3.8, 4) is 5.75 Å². The Balaban J connectivity index is 3.46. The third-order valence-corrected chi connectivity index (χ3v) is 4.33. The zero-order chi connectivity index (χ0) is 13.2. The summed E-state index contributed by atoms with van der Waals surface area (Å²) in [5, 5.41) is 13.2. The van der Waals surface area contributed by atoms with Crippen LogP contribution in [-0.4, -0.2) is 25.8 Å². The molecular formula is C13H20BrNO2. The fourth-order valence-corrected chi connectivity index (χ4v) is 2.58. The molecule has 0 fully saturated rings. The molecule has 0 aromatic heterocycles. The first-order chi connectivity index (χ1) is 7.95. The molecule has 1 aromatic rings. The Labute approximate surface area is 111 Å². The minimum absolute atomic E-state index is 0.506. The summed E-state index contributed by atoms with van der Waals surface area (Å²) in [5.41, 5.74) is 4.11. The van der Waals surface area contributed by atoms with Crippen LogP contribution < -0.4 is 10.1 Å². The van der Waals surface area contributed by atoms with Crippen LogP contribution >= 0.6 is 15.9 Å². The lowest BCUT2D eigenvalue weighted by atomic mass is 9.95. The smallest absolute Gasteiger partial charge is 0.128 e. The molecule has 1 unspecified atom stereocenters. The Morgan fingerprint density at radius 1 is 1.24 bits per heavy atom. The molecule has 0 heterocycles. The van der Waals surface area contributed by atoms with Gasteiger partial charge in [0, 0.05) is 16.6 Å². The van der Waals surface area contributed by atoms with E-state index in [9.17, 15) is 5.11 Å². The Morgan fingerprint density at radius 2 is 1.82 bits per heavy atom. The van der Waals surface area contributed by atoms with Crippen LogP contribution in [0.15, 0.2) is 4.47 Å². The van der Waals surface area contributed by atoms with E-state index in [-0.39, 0.29) is 0 Å². The molecule has 0 aliphatic carbocycles. The van der Waals surface area contributed by atoms with Gasteiger partial charge in [0.15, 0.2) is 0 Å². The highest BCUT2D eigenvalue weighted by Crippen LogP contribution is 2.39. The Bertz CT molecular complexity index is 419. The molecule has 0 bridgehead atoms. The summed E-state index contributed by atoms with van der Waals surface area (Å²) < 4.78 is 6.49. The van der Waals surface area contributed by atoms with Crippen LogP contribution in [0.3, 0.4) is 0 Å². The first-order valence-corrected chi connectivity index (χ1v) is 6.40. The fourth-order valence-electron chi connectivity index (χ4n) is 2.07. The SMILES string of the molecule is CNCC(O)c1c(C)c(Br)c(C)c(C)c1OC. The molecule has 2 N–H and O–H groups in total. The van der Waals surface area contributed by atoms with Crippen LogP contribution in [0.1, 0.15) is 28.4 Å². The number of halogens is 1. The van der Waals surface area contributed by atoms with Crippen LogP contribution in [0.2, 0.25) is 0 Å². The molecule has 0 radical (unpaired) electrons. The second-order valence-electron chi connectivity index (χ2n) is 4.21. The number of hydrogen-bond donors (Lipinski definition) is 2. The number of rotatable bonds is 4. The quantitative estimate of drug-likeness (QED) is 0.898. The molecule has 1 atom stereocenters. The molecule has 1 aromatic carbocycles. The summed E-state index contributed by atoms with van der Waals surface area (Å²) in [6.45, 7) is 6.55. The first-order valence-electron chi connectivity index (χ1n) is 5.61. The van der Waals surface area contributed by atoms with Gasteiger partial charge in [-0.2, -0.15) is 0 Å². The molecule has 0 amide bonds.